The highest BCUT2D eigenvalue weighted by atomic mass is 16.2. The zero-order chi connectivity index (χ0) is 14.4. The molecule has 4 heteroatoms. The molecule has 1 unspecified atom stereocenters. The van der Waals surface area contributed by atoms with Crippen molar-refractivity contribution in [2.45, 2.75) is 63.5 Å². The molecule has 4 nitrogen and oxygen atoms in total. The lowest BCUT2D eigenvalue weighted by Gasteiger charge is -2.33. The smallest absolute Gasteiger partial charge is 0.239 e. The van der Waals surface area contributed by atoms with Gasteiger partial charge in [-0.15, -0.1) is 0 Å². The molecule has 1 atom stereocenters. The fourth-order valence-electron chi connectivity index (χ4n) is 3.44. The summed E-state index contributed by atoms with van der Waals surface area (Å²) in [5.74, 6) is 0.362. The summed E-state index contributed by atoms with van der Waals surface area (Å²) in [6.07, 6.45) is 9.66. The maximum absolute atomic E-state index is 12.9. The minimum absolute atomic E-state index is 0.0697. The van der Waals surface area contributed by atoms with E-state index in [4.69, 9.17) is 0 Å². The number of carbonyl (C=O) groups is 1. The molecule has 0 aromatic heterocycles. The summed E-state index contributed by atoms with van der Waals surface area (Å²) in [4.78, 5) is 17.3. The first-order chi connectivity index (χ1) is 9.68. The van der Waals surface area contributed by atoms with Crippen LogP contribution in [0.25, 0.3) is 0 Å². The van der Waals surface area contributed by atoms with Gasteiger partial charge in [0, 0.05) is 19.1 Å². The molecule has 1 aliphatic carbocycles. The second kappa shape index (κ2) is 7.99. The van der Waals surface area contributed by atoms with Gasteiger partial charge in [-0.25, -0.2) is 0 Å². The molecule has 2 fully saturated rings. The summed E-state index contributed by atoms with van der Waals surface area (Å²) in [6, 6.07) is 0.563. The third-order valence-electron chi connectivity index (χ3n) is 4.70. The quantitative estimate of drug-likeness (QED) is 0.835. The molecule has 1 saturated heterocycles. The predicted molar refractivity (Wildman–Crippen MR) is 82.8 cm³/mol. The molecule has 20 heavy (non-hydrogen) atoms. The first-order valence-corrected chi connectivity index (χ1v) is 8.37. The maximum atomic E-state index is 12.9. The lowest BCUT2D eigenvalue weighted by Crippen LogP contribution is -2.51. The van der Waals surface area contributed by atoms with E-state index in [1.54, 1.807) is 0 Å². The van der Waals surface area contributed by atoms with Crippen LogP contribution in [0.15, 0.2) is 0 Å². The molecule has 2 rings (SSSR count). The van der Waals surface area contributed by atoms with Crippen molar-refractivity contribution in [1.82, 2.24) is 15.1 Å². The second-order valence-corrected chi connectivity index (χ2v) is 6.63. The number of nitrogens with zero attached hydrogens (tertiary/aromatic N) is 2. The molecule has 0 bridgehead atoms. The number of rotatable bonds is 5. The van der Waals surface area contributed by atoms with Crippen molar-refractivity contribution >= 4 is 5.91 Å². The van der Waals surface area contributed by atoms with Crippen LogP contribution in [0.2, 0.25) is 0 Å². The molecular weight excluding hydrogens is 250 g/mol. The summed E-state index contributed by atoms with van der Waals surface area (Å²) in [5, 5.41) is 3.47. The highest BCUT2D eigenvalue weighted by Crippen LogP contribution is 2.24. The van der Waals surface area contributed by atoms with Gasteiger partial charge in [0.15, 0.2) is 0 Å². The monoisotopic (exact) mass is 281 g/mol. The molecule has 1 N–H and O–H groups in total. The van der Waals surface area contributed by atoms with Gasteiger partial charge in [-0.1, -0.05) is 25.7 Å². The first kappa shape index (κ1) is 15.8. The molecule has 0 spiro atoms. The van der Waals surface area contributed by atoms with Crippen LogP contribution in [0.3, 0.4) is 0 Å². The molecule has 2 aliphatic rings. The average Bonchev–Trinajstić information content (AvgIpc) is 2.80. The van der Waals surface area contributed by atoms with Gasteiger partial charge in [-0.2, -0.15) is 0 Å². The Morgan fingerprint density at radius 1 is 1.00 bits per heavy atom. The fraction of sp³-hybridized carbons (Fsp3) is 0.938. The predicted octanol–water partition coefficient (Wildman–Crippen LogP) is 1.85. The van der Waals surface area contributed by atoms with Crippen molar-refractivity contribution < 1.29 is 4.79 Å². The van der Waals surface area contributed by atoms with Crippen molar-refractivity contribution in [2.24, 2.45) is 0 Å². The Morgan fingerprint density at radius 3 is 2.40 bits per heavy atom. The average molecular weight is 281 g/mol. The zero-order valence-electron chi connectivity index (χ0n) is 13.2. The second-order valence-electron chi connectivity index (χ2n) is 6.63. The zero-order valence-corrected chi connectivity index (χ0v) is 13.2. The Bertz CT molecular complexity index is 292. The molecule has 116 valence electrons. The number of likely N-dealkylation sites (N-methyl/N-ethyl adjacent to an activating group) is 1. The van der Waals surface area contributed by atoms with Crippen LogP contribution in [0.4, 0.5) is 0 Å². The molecule has 1 aliphatic heterocycles. The Hall–Kier alpha value is -0.610. The Balaban J connectivity index is 1.97. The molecule has 0 radical (unpaired) electrons. The van der Waals surface area contributed by atoms with E-state index in [1.165, 1.54) is 44.9 Å². The summed E-state index contributed by atoms with van der Waals surface area (Å²) < 4.78 is 0. The minimum Gasteiger partial charge on any atom is -0.337 e. The van der Waals surface area contributed by atoms with Crippen molar-refractivity contribution in [2.75, 3.05) is 33.7 Å². The standard InChI is InChI=1S/C16H31N3O/c1-18(2)12-13-19(14-8-5-6-9-14)16(20)15-10-4-3-7-11-17-15/h14-15,17H,3-13H2,1-2H3. The summed E-state index contributed by atoms with van der Waals surface area (Å²) in [5.41, 5.74) is 0. The van der Waals surface area contributed by atoms with E-state index in [0.29, 0.717) is 11.9 Å². The largest absolute Gasteiger partial charge is 0.337 e. The van der Waals surface area contributed by atoms with E-state index in [-0.39, 0.29) is 6.04 Å². The van der Waals surface area contributed by atoms with Crippen LogP contribution in [0.5, 0.6) is 0 Å². The number of amides is 1. The van der Waals surface area contributed by atoms with E-state index < -0.39 is 0 Å². The summed E-state index contributed by atoms with van der Waals surface area (Å²) >= 11 is 0. The van der Waals surface area contributed by atoms with Crippen LogP contribution in [0.1, 0.15) is 51.4 Å². The van der Waals surface area contributed by atoms with Gasteiger partial charge in [0.05, 0.1) is 6.04 Å². The molecule has 0 aromatic carbocycles. The van der Waals surface area contributed by atoms with Crippen LogP contribution < -0.4 is 5.32 Å². The molecule has 1 saturated carbocycles. The van der Waals surface area contributed by atoms with E-state index in [2.05, 4.69) is 29.2 Å². The van der Waals surface area contributed by atoms with Gasteiger partial charge in [-0.05, 0) is 46.3 Å². The first-order valence-electron chi connectivity index (χ1n) is 8.37. The normalized spacial score (nSPS) is 24.9. The van der Waals surface area contributed by atoms with Crippen molar-refractivity contribution in [1.29, 1.82) is 0 Å². The lowest BCUT2D eigenvalue weighted by atomic mass is 10.1. The van der Waals surface area contributed by atoms with Crippen LogP contribution >= 0.6 is 0 Å². The van der Waals surface area contributed by atoms with Gasteiger partial charge in [0.1, 0.15) is 0 Å². The van der Waals surface area contributed by atoms with Crippen LogP contribution in [-0.2, 0) is 4.79 Å². The van der Waals surface area contributed by atoms with Gasteiger partial charge in [0.2, 0.25) is 5.91 Å². The van der Waals surface area contributed by atoms with Crippen LogP contribution in [-0.4, -0.2) is 61.5 Å². The number of hydrogen-bond acceptors (Lipinski definition) is 3. The number of carbonyl (C=O) groups excluding carboxylic acids is 1. The van der Waals surface area contributed by atoms with Crippen molar-refractivity contribution in [3.05, 3.63) is 0 Å². The van der Waals surface area contributed by atoms with E-state index in [1.807, 2.05) is 0 Å². The lowest BCUT2D eigenvalue weighted by molar-refractivity contribution is -0.136. The van der Waals surface area contributed by atoms with Gasteiger partial charge < -0.3 is 15.1 Å². The summed E-state index contributed by atoms with van der Waals surface area (Å²) in [6.45, 7) is 2.85. The highest BCUT2D eigenvalue weighted by molar-refractivity contribution is 5.82. The number of hydrogen-bond donors (Lipinski definition) is 1. The number of nitrogens with one attached hydrogen (secondary N) is 1. The fourth-order valence-corrected chi connectivity index (χ4v) is 3.44. The molecule has 1 amide bonds. The Labute approximate surface area is 123 Å². The van der Waals surface area contributed by atoms with Gasteiger partial charge in [-0.3, -0.25) is 4.79 Å². The highest BCUT2D eigenvalue weighted by Gasteiger charge is 2.31. The Morgan fingerprint density at radius 2 is 1.70 bits per heavy atom. The van der Waals surface area contributed by atoms with E-state index in [0.717, 1.165) is 26.1 Å². The van der Waals surface area contributed by atoms with Gasteiger partial charge in [0.25, 0.3) is 0 Å². The van der Waals surface area contributed by atoms with Crippen LogP contribution in [0, 0.1) is 0 Å². The SMILES string of the molecule is CN(C)CCN(C(=O)C1CCCCCN1)C1CCCC1. The molecule has 1 heterocycles. The summed E-state index contributed by atoms with van der Waals surface area (Å²) in [7, 11) is 4.17. The maximum Gasteiger partial charge on any atom is 0.239 e. The van der Waals surface area contributed by atoms with Gasteiger partial charge >= 0.3 is 0 Å². The van der Waals surface area contributed by atoms with E-state index >= 15 is 0 Å². The van der Waals surface area contributed by atoms with Crippen molar-refractivity contribution in [3.8, 4) is 0 Å². The Kier molecular flexibility index (Phi) is 6.30. The van der Waals surface area contributed by atoms with Crippen molar-refractivity contribution in [3.63, 3.8) is 0 Å². The molecular formula is C16H31N3O. The minimum atomic E-state index is 0.0697. The molecule has 0 aromatic rings. The third-order valence-corrected chi connectivity index (χ3v) is 4.70. The third kappa shape index (κ3) is 4.45. The van der Waals surface area contributed by atoms with E-state index in [9.17, 15) is 4.79 Å². The topological polar surface area (TPSA) is 35.6 Å².